The Labute approximate surface area is 218 Å². The molecule has 37 heavy (non-hydrogen) atoms. The van der Waals surface area contributed by atoms with Gasteiger partial charge in [-0.2, -0.15) is 0 Å². The first-order valence-corrected chi connectivity index (χ1v) is 14.4. The number of benzene rings is 3. The van der Waals surface area contributed by atoms with Gasteiger partial charge in [-0.1, -0.05) is 55.0 Å². The minimum atomic E-state index is -3.35. The van der Waals surface area contributed by atoms with Crippen molar-refractivity contribution < 1.29 is 18.3 Å². The molecule has 190 valence electrons. The first-order chi connectivity index (χ1) is 17.5. The highest BCUT2D eigenvalue weighted by molar-refractivity contribution is 7.91. The lowest BCUT2D eigenvalue weighted by Gasteiger charge is -2.37. The Morgan fingerprint density at radius 1 is 0.946 bits per heavy atom. The molecule has 0 bridgehead atoms. The minimum absolute atomic E-state index is 0.559. The number of carboxylic acids is 1. The van der Waals surface area contributed by atoms with Gasteiger partial charge in [0.1, 0.15) is 0 Å². The number of sulfone groups is 1. The second-order valence-electron chi connectivity index (χ2n) is 10.8. The Morgan fingerprint density at radius 2 is 1.65 bits per heavy atom. The number of rotatable bonds is 7. The molecule has 5 nitrogen and oxygen atoms in total. The van der Waals surface area contributed by atoms with Crippen LogP contribution in [0.1, 0.15) is 44.2 Å². The number of hydrogen-bond acceptors (Lipinski definition) is 4. The van der Waals surface area contributed by atoms with Crippen molar-refractivity contribution in [2.75, 3.05) is 6.26 Å². The van der Waals surface area contributed by atoms with Crippen LogP contribution in [0.25, 0.3) is 33.2 Å². The molecule has 1 aromatic heterocycles. The predicted molar refractivity (Wildman–Crippen MR) is 148 cm³/mol. The maximum atomic E-state index is 12.6. The smallest absolute Gasteiger partial charge is 0.309 e. The van der Waals surface area contributed by atoms with E-state index in [0.29, 0.717) is 6.42 Å². The number of nitrogens with zero attached hydrogens (tertiary/aromatic N) is 1. The van der Waals surface area contributed by atoms with Crippen molar-refractivity contribution in [3.05, 3.63) is 90.1 Å². The van der Waals surface area contributed by atoms with Crippen LogP contribution in [0.4, 0.5) is 0 Å². The summed E-state index contributed by atoms with van der Waals surface area (Å²) in [6, 6.07) is 24.0. The first kappa shape index (κ1) is 25.2. The van der Waals surface area contributed by atoms with Crippen LogP contribution in [0.5, 0.6) is 0 Å². The van der Waals surface area contributed by atoms with Gasteiger partial charge in [-0.25, -0.2) is 8.42 Å². The normalized spacial score (nSPS) is 15.3. The van der Waals surface area contributed by atoms with Gasteiger partial charge in [-0.3, -0.25) is 9.78 Å². The topological polar surface area (TPSA) is 84.3 Å². The molecule has 1 fully saturated rings. The Balaban J connectivity index is 1.54. The summed E-state index contributed by atoms with van der Waals surface area (Å²) < 4.78 is 24.2. The summed E-state index contributed by atoms with van der Waals surface area (Å²) in [6.45, 7) is 3.47. The Morgan fingerprint density at radius 3 is 2.27 bits per heavy atom. The molecule has 0 amide bonds. The van der Waals surface area contributed by atoms with Crippen molar-refractivity contribution in [2.24, 2.45) is 5.41 Å². The molecule has 0 spiro atoms. The van der Waals surface area contributed by atoms with Crippen LogP contribution in [-0.2, 0) is 25.8 Å². The molecular weight excluding hydrogens is 482 g/mol. The molecular formula is C31H31NO4S. The number of carboxylic acid groups (broad SMARTS) is 1. The van der Waals surface area contributed by atoms with Crippen molar-refractivity contribution in [1.29, 1.82) is 0 Å². The fraction of sp³-hybridized carbons (Fsp3) is 0.290. The monoisotopic (exact) mass is 513 g/mol. The molecule has 1 heterocycles. The lowest BCUT2D eigenvalue weighted by molar-refractivity contribution is -0.154. The van der Waals surface area contributed by atoms with E-state index in [4.69, 9.17) is 0 Å². The van der Waals surface area contributed by atoms with Gasteiger partial charge >= 0.3 is 5.97 Å². The third kappa shape index (κ3) is 4.55. The molecule has 0 radical (unpaired) electrons. The standard InChI is InChI=1S/C31H31NO4S/c1-30(2,37(3,35)36)26-18-25-9-5-16-32-28(25)27(19-26)24-8-4-7-23(17-24)22-12-10-21(11-13-22)20-31(29(33)34)14-6-15-31/h4-5,7-13,16-19H,6,14-15,20H2,1-3H3,(H,33,34). The molecule has 6 heteroatoms. The lowest BCUT2D eigenvalue weighted by atomic mass is 9.65. The summed E-state index contributed by atoms with van der Waals surface area (Å²) in [5.74, 6) is -0.697. The summed E-state index contributed by atoms with van der Waals surface area (Å²) in [5.41, 5.74) is 5.87. The van der Waals surface area contributed by atoms with E-state index in [9.17, 15) is 18.3 Å². The van der Waals surface area contributed by atoms with Crippen LogP contribution in [0.3, 0.4) is 0 Å². The largest absolute Gasteiger partial charge is 0.481 e. The molecule has 1 aliphatic rings. The number of aliphatic carboxylic acids is 1. The highest BCUT2D eigenvalue weighted by atomic mass is 32.2. The Hall–Kier alpha value is -3.51. The highest BCUT2D eigenvalue weighted by Crippen LogP contribution is 2.44. The van der Waals surface area contributed by atoms with Gasteiger partial charge in [-0.15, -0.1) is 0 Å². The second-order valence-corrected chi connectivity index (χ2v) is 13.3. The molecule has 0 unspecified atom stereocenters. The summed E-state index contributed by atoms with van der Waals surface area (Å²) in [6.07, 6.45) is 6.04. The van der Waals surface area contributed by atoms with Crippen LogP contribution in [0.15, 0.2) is 79.0 Å². The second kappa shape index (κ2) is 9.10. The van der Waals surface area contributed by atoms with Crippen LogP contribution < -0.4 is 0 Å². The minimum Gasteiger partial charge on any atom is -0.481 e. The van der Waals surface area contributed by atoms with Gasteiger partial charge in [0.15, 0.2) is 9.84 Å². The Bertz CT molecular complexity index is 1600. The van der Waals surface area contributed by atoms with Gasteiger partial charge in [0, 0.05) is 23.4 Å². The number of hydrogen-bond donors (Lipinski definition) is 1. The molecule has 0 aliphatic heterocycles. The van der Waals surface area contributed by atoms with Crippen molar-refractivity contribution in [2.45, 2.75) is 44.3 Å². The van der Waals surface area contributed by atoms with E-state index in [1.807, 2.05) is 66.7 Å². The molecule has 0 saturated heterocycles. The van der Waals surface area contributed by atoms with E-state index >= 15 is 0 Å². The third-order valence-corrected chi connectivity index (χ3v) is 10.2. The maximum absolute atomic E-state index is 12.6. The number of fused-ring (bicyclic) bond motifs is 1. The van der Waals surface area contributed by atoms with E-state index in [2.05, 4.69) is 11.1 Å². The fourth-order valence-corrected chi connectivity index (χ4v) is 5.66. The van der Waals surface area contributed by atoms with Crippen LogP contribution in [-0.4, -0.2) is 30.7 Å². The van der Waals surface area contributed by atoms with Gasteiger partial charge in [0.25, 0.3) is 0 Å². The maximum Gasteiger partial charge on any atom is 0.309 e. The summed E-state index contributed by atoms with van der Waals surface area (Å²) in [7, 11) is -3.35. The lowest BCUT2D eigenvalue weighted by Crippen LogP contribution is -2.39. The van der Waals surface area contributed by atoms with Gasteiger partial charge in [0.05, 0.1) is 15.7 Å². The molecule has 1 saturated carbocycles. The highest BCUT2D eigenvalue weighted by Gasteiger charge is 2.44. The van der Waals surface area contributed by atoms with Crippen molar-refractivity contribution >= 4 is 26.7 Å². The predicted octanol–water partition coefficient (Wildman–Crippen LogP) is 6.65. The summed E-state index contributed by atoms with van der Waals surface area (Å²) in [4.78, 5) is 16.4. The van der Waals surface area contributed by atoms with E-state index in [1.54, 1.807) is 20.0 Å². The SMILES string of the molecule is CC(C)(c1cc(-c2cccc(-c3ccc(CC4(C(=O)O)CCC4)cc3)c2)c2ncccc2c1)S(C)(=O)=O. The number of carbonyl (C=O) groups is 1. The van der Waals surface area contributed by atoms with E-state index in [-0.39, 0.29) is 0 Å². The van der Waals surface area contributed by atoms with E-state index in [1.165, 1.54) is 6.26 Å². The van der Waals surface area contributed by atoms with Gasteiger partial charge in [0.2, 0.25) is 0 Å². The van der Waals surface area contributed by atoms with Crippen molar-refractivity contribution in [1.82, 2.24) is 4.98 Å². The zero-order valence-corrected chi connectivity index (χ0v) is 22.2. The third-order valence-electron chi connectivity index (χ3n) is 8.09. The molecule has 4 aromatic rings. The summed E-state index contributed by atoms with van der Waals surface area (Å²) >= 11 is 0. The first-order valence-electron chi connectivity index (χ1n) is 12.5. The van der Waals surface area contributed by atoms with Gasteiger partial charge < -0.3 is 5.11 Å². The zero-order chi connectivity index (χ0) is 26.4. The molecule has 1 N–H and O–H groups in total. The zero-order valence-electron chi connectivity index (χ0n) is 21.4. The molecule has 5 rings (SSSR count). The molecule has 0 atom stereocenters. The van der Waals surface area contributed by atoms with Crippen molar-refractivity contribution in [3.8, 4) is 22.3 Å². The molecule has 3 aromatic carbocycles. The average molecular weight is 514 g/mol. The number of pyridine rings is 1. The van der Waals surface area contributed by atoms with Crippen LogP contribution in [0, 0.1) is 5.41 Å². The van der Waals surface area contributed by atoms with Crippen LogP contribution in [0.2, 0.25) is 0 Å². The average Bonchev–Trinajstić information content (AvgIpc) is 2.85. The number of aromatic nitrogens is 1. The van der Waals surface area contributed by atoms with Crippen molar-refractivity contribution in [3.63, 3.8) is 0 Å². The van der Waals surface area contributed by atoms with Gasteiger partial charge in [-0.05, 0) is 85.2 Å². The summed E-state index contributed by atoms with van der Waals surface area (Å²) in [5, 5.41) is 10.6. The Kier molecular flexibility index (Phi) is 6.19. The fourth-order valence-electron chi connectivity index (χ4n) is 5.12. The van der Waals surface area contributed by atoms with E-state index < -0.39 is 26.0 Å². The quantitative estimate of drug-likeness (QED) is 0.299. The van der Waals surface area contributed by atoms with Crippen LogP contribution >= 0.6 is 0 Å². The van der Waals surface area contributed by atoms with E-state index in [0.717, 1.165) is 63.5 Å². The molecule has 1 aliphatic carbocycles.